The molecule has 1 aliphatic heterocycles. The Kier molecular flexibility index (Phi) is 2.84. The van der Waals surface area contributed by atoms with Crippen molar-refractivity contribution in [1.29, 1.82) is 0 Å². The zero-order valence-electron chi connectivity index (χ0n) is 8.98. The fraction of sp³-hybridized carbons (Fsp3) is 0.900. The van der Waals surface area contributed by atoms with Crippen LogP contribution in [-0.4, -0.2) is 19.1 Å². The maximum Gasteiger partial charge on any atom is 0.314 e. The normalized spacial score (nSPS) is 21.5. The SMILES string of the molecule is CC(C)C1(C(C)C)CNC(=O)NC1. The monoisotopic (exact) mass is 184 g/mol. The van der Waals surface area contributed by atoms with Gasteiger partial charge in [-0.25, -0.2) is 4.79 Å². The molecule has 0 aromatic rings. The summed E-state index contributed by atoms with van der Waals surface area (Å²) in [6.45, 7) is 10.5. The van der Waals surface area contributed by atoms with E-state index in [1.807, 2.05) is 0 Å². The lowest BCUT2D eigenvalue weighted by Crippen LogP contribution is -2.59. The molecule has 76 valence electrons. The largest absolute Gasteiger partial charge is 0.338 e. The first-order valence-corrected chi connectivity index (χ1v) is 5.01. The summed E-state index contributed by atoms with van der Waals surface area (Å²) in [5.74, 6) is 1.17. The van der Waals surface area contributed by atoms with Crippen LogP contribution < -0.4 is 10.6 Å². The molecule has 1 saturated heterocycles. The number of nitrogens with one attached hydrogen (secondary N) is 2. The van der Waals surface area contributed by atoms with E-state index in [2.05, 4.69) is 38.3 Å². The Morgan fingerprint density at radius 2 is 1.46 bits per heavy atom. The van der Waals surface area contributed by atoms with Crippen molar-refractivity contribution in [2.45, 2.75) is 27.7 Å². The zero-order chi connectivity index (χ0) is 10.1. The van der Waals surface area contributed by atoms with Crippen LogP contribution in [0.1, 0.15) is 27.7 Å². The molecule has 2 N–H and O–H groups in total. The molecule has 0 atom stereocenters. The third-order valence-electron chi connectivity index (χ3n) is 3.46. The first kappa shape index (κ1) is 10.4. The van der Waals surface area contributed by atoms with E-state index in [-0.39, 0.29) is 11.4 Å². The Labute approximate surface area is 80.3 Å². The van der Waals surface area contributed by atoms with Crippen LogP contribution in [0.5, 0.6) is 0 Å². The molecule has 1 aliphatic rings. The fourth-order valence-corrected chi connectivity index (χ4v) is 2.10. The van der Waals surface area contributed by atoms with Crippen molar-refractivity contribution >= 4 is 6.03 Å². The number of carbonyl (C=O) groups is 1. The first-order chi connectivity index (χ1) is 5.99. The van der Waals surface area contributed by atoms with Gasteiger partial charge in [-0.3, -0.25) is 0 Å². The lowest BCUT2D eigenvalue weighted by Gasteiger charge is -2.44. The summed E-state index contributed by atoms with van der Waals surface area (Å²) in [6, 6.07) is -0.0306. The molecule has 0 unspecified atom stereocenters. The molecule has 0 aromatic carbocycles. The summed E-state index contributed by atoms with van der Waals surface area (Å²) in [7, 11) is 0. The number of hydrogen-bond donors (Lipinski definition) is 2. The van der Waals surface area contributed by atoms with Gasteiger partial charge in [0.2, 0.25) is 0 Å². The molecule has 0 spiro atoms. The summed E-state index contributed by atoms with van der Waals surface area (Å²) in [5, 5.41) is 5.77. The predicted octanol–water partition coefficient (Wildman–Crippen LogP) is 1.60. The van der Waals surface area contributed by atoms with Crippen molar-refractivity contribution in [3.05, 3.63) is 0 Å². The summed E-state index contributed by atoms with van der Waals surface area (Å²) in [4.78, 5) is 11.0. The quantitative estimate of drug-likeness (QED) is 0.672. The lowest BCUT2D eigenvalue weighted by molar-refractivity contribution is 0.0953. The van der Waals surface area contributed by atoms with Gasteiger partial charge in [0.05, 0.1) is 0 Å². The highest BCUT2D eigenvalue weighted by Crippen LogP contribution is 2.35. The highest BCUT2D eigenvalue weighted by atomic mass is 16.2. The van der Waals surface area contributed by atoms with Crippen molar-refractivity contribution in [2.24, 2.45) is 17.3 Å². The minimum atomic E-state index is -0.0306. The van der Waals surface area contributed by atoms with Gasteiger partial charge in [0, 0.05) is 18.5 Å². The topological polar surface area (TPSA) is 41.1 Å². The molecule has 13 heavy (non-hydrogen) atoms. The second kappa shape index (κ2) is 3.56. The average Bonchev–Trinajstić information content (AvgIpc) is 2.04. The van der Waals surface area contributed by atoms with Gasteiger partial charge in [-0.15, -0.1) is 0 Å². The molecule has 0 aliphatic carbocycles. The number of rotatable bonds is 2. The van der Waals surface area contributed by atoms with E-state index in [0.29, 0.717) is 11.8 Å². The van der Waals surface area contributed by atoms with Crippen molar-refractivity contribution in [3.63, 3.8) is 0 Å². The summed E-state index contributed by atoms with van der Waals surface area (Å²) in [6.07, 6.45) is 0. The van der Waals surface area contributed by atoms with Crippen LogP contribution >= 0.6 is 0 Å². The standard InChI is InChI=1S/C10H20N2O/c1-7(2)10(8(3)4)5-11-9(13)12-6-10/h7-8H,5-6H2,1-4H3,(H2,11,12,13). The average molecular weight is 184 g/mol. The summed E-state index contributed by atoms with van der Waals surface area (Å²) < 4.78 is 0. The van der Waals surface area contributed by atoms with Crippen molar-refractivity contribution in [3.8, 4) is 0 Å². The van der Waals surface area contributed by atoms with E-state index in [4.69, 9.17) is 0 Å². The van der Waals surface area contributed by atoms with Crippen LogP contribution in [-0.2, 0) is 0 Å². The molecule has 1 rings (SSSR count). The fourth-order valence-electron chi connectivity index (χ4n) is 2.10. The van der Waals surface area contributed by atoms with Gasteiger partial charge >= 0.3 is 6.03 Å². The van der Waals surface area contributed by atoms with Crippen LogP contribution in [0.15, 0.2) is 0 Å². The van der Waals surface area contributed by atoms with E-state index >= 15 is 0 Å². The van der Waals surface area contributed by atoms with Gasteiger partial charge in [-0.2, -0.15) is 0 Å². The second-order valence-corrected chi connectivity index (χ2v) is 4.58. The number of urea groups is 1. The highest BCUT2D eigenvalue weighted by molar-refractivity contribution is 5.74. The van der Waals surface area contributed by atoms with E-state index in [1.54, 1.807) is 0 Å². The van der Waals surface area contributed by atoms with Crippen LogP contribution in [0, 0.1) is 17.3 Å². The Morgan fingerprint density at radius 3 is 1.77 bits per heavy atom. The first-order valence-electron chi connectivity index (χ1n) is 5.01. The molecule has 0 radical (unpaired) electrons. The van der Waals surface area contributed by atoms with Crippen LogP contribution in [0.4, 0.5) is 4.79 Å². The van der Waals surface area contributed by atoms with E-state index in [0.717, 1.165) is 13.1 Å². The van der Waals surface area contributed by atoms with Crippen LogP contribution in [0.25, 0.3) is 0 Å². The van der Waals surface area contributed by atoms with Gasteiger partial charge < -0.3 is 10.6 Å². The molecule has 1 fully saturated rings. The molecular weight excluding hydrogens is 164 g/mol. The number of amides is 2. The Balaban J connectivity index is 2.75. The Morgan fingerprint density at radius 1 is 1.08 bits per heavy atom. The molecule has 0 saturated carbocycles. The maximum absolute atomic E-state index is 11.0. The lowest BCUT2D eigenvalue weighted by atomic mass is 9.68. The third kappa shape index (κ3) is 1.79. The Bertz CT molecular complexity index is 179. The molecule has 0 bridgehead atoms. The van der Waals surface area contributed by atoms with E-state index in [9.17, 15) is 4.79 Å². The number of hydrogen-bond acceptors (Lipinski definition) is 1. The zero-order valence-corrected chi connectivity index (χ0v) is 8.98. The van der Waals surface area contributed by atoms with Gasteiger partial charge in [0.25, 0.3) is 0 Å². The smallest absolute Gasteiger partial charge is 0.314 e. The van der Waals surface area contributed by atoms with Gasteiger partial charge in [-0.1, -0.05) is 27.7 Å². The second-order valence-electron chi connectivity index (χ2n) is 4.58. The van der Waals surface area contributed by atoms with Gasteiger partial charge in [0.15, 0.2) is 0 Å². The van der Waals surface area contributed by atoms with Crippen molar-refractivity contribution < 1.29 is 4.79 Å². The molecule has 2 amide bonds. The van der Waals surface area contributed by atoms with E-state index < -0.39 is 0 Å². The molecule has 1 heterocycles. The van der Waals surface area contributed by atoms with Gasteiger partial charge in [-0.05, 0) is 11.8 Å². The maximum atomic E-state index is 11.0. The van der Waals surface area contributed by atoms with Crippen LogP contribution in [0.3, 0.4) is 0 Å². The Hall–Kier alpha value is -0.730. The molecule has 3 heteroatoms. The molecule has 3 nitrogen and oxygen atoms in total. The van der Waals surface area contributed by atoms with Crippen molar-refractivity contribution in [2.75, 3.05) is 13.1 Å². The van der Waals surface area contributed by atoms with Gasteiger partial charge in [0.1, 0.15) is 0 Å². The highest BCUT2D eigenvalue weighted by Gasteiger charge is 2.39. The third-order valence-corrected chi connectivity index (χ3v) is 3.46. The summed E-state index contributed by atoms with van der Waals surface area (Å²) >= 11 is 0. The predicted molar refractivity (Wildman–Crippen MR) is 53.5 cm³/mol. The minimum absolute atomic E-state index is 0.0306. The van der Waals surface area contributed by atoms with Crippen LogP contribution in [0.2, 0.25) is 0 Å². The molecular formula is C10H20N2O. The van der Waals surface area contributed by atoms with E-state index in [1.165, 1.54) is 0 Å². The molecule has 0 aromatic heterocycles. The summed E-state index contributed by atoms with van der Waals surface area (Å²) in [5.41, 5.74) is 0.216. The minimum Gasteiger partial charge on any atom is -0.338 e. The van der Waals surface area contributed by atoms with Crippen molar-refractivity contribution in [1.82, 2.24) is 10.6 Å². The number of carbonyl (C=O) groups excluding carboxylic acids is 1.